The largest absolute Gasteiger partial charge is 0.506 e. The van der Waals surface area contributed by atoms with E-state index in [1.165, 1.54) is 6.07 Å². The molecular weight excluding hydrogens is 297 g/mol. The van der Waals surface area contributed by atoms with E-state index in [1.807, 2.05) is 0 Å². The summed E-state index contributed by atoms with van der Waals surface area (Å²) in [6, 6.07) is 2.22. The molecular formula is C15H19ClFNO3. The van der Waals surface area contributed by atoms with E-state index in [9.17, 15) is 14.3 Å². The molecule has 0 aliphatic carbocycles. The third-order valence-electron chi connectivity index (χ3n) is 2.33. The van der Waals surface area contributed by atoms with E-state index in [0.29, 0.717) is 13.0 Å². The number of rotatable bonds is 4. The molecule has 6 heteroatoms. The average Bonchev–Trinajstić information content (AvgIpc) is 2.32. The molecule has 1 amide bonds. The van der Waals surface area contributed by atoms with E-state index in [1.54, 1.807) is 32.9 Å². The van der Waals surface area contributed by atoms with Gasteiger partial charge in [0.05, 0.1) is 5.02 Å². The first kappa shape index (κ1) is 17.3. The monoisotopic (exact) mass is 315 g/mol. The number of nitrogens with one attached hydrogen (secondary N) is 1. The van der Waals surface area contributed by atoms with Crippen LogP contribution in [0.4, 0.5) is 9.18 Å². The minimum Gasteiger partial charge on any atom is -0.506 e. The maximum atomic E-state index is 13.1. The highest BCUT2D eigenvalue weighted by atomic mass is 35.5. The second-order valence-corrected chi connectivity index (χ2v) is 5.85. The Morgan fingerprint density at radius 2 is 2.14 bits per heavy atom. The van der Waals surface area contributed by atoms with Crippen molar-refractivity contribution in [2.75, 3.05) is 6.54 Å². The molecule has 0 bridgehead atoms. The quantitative estimate of drug-likeness (QED) is 0.822. The van der Waals surface area contributed by atoms with Crippen LogP contribution in [0.2, 0.25) is 5.02 Å². The van der Waals surface area contributed by atoms with Crippen LogP contribution in [0.5, 0.6) is 5.75 Å². The van der Waals surface area contributed by atoms with Crippen LogP contribution < -0.4 is 5.32 Å². The third kappa shape index (κ3) is 6.49. The van der Waals surface area contributed by atoms with Crippen LogP contribution in [0, 0.1) is 5.82 Å². The van der Waals surface area contributed by atoms with Crippen LogP contribution in [0.1, 0.15) is 32.8 Å². The summed E-state index contributed by atoms with van der Waals surface area (Å²) in [6.45, 7) is 5.71. The Hall–Kier alpha value is -1.75. The van der Waals surface area contributed by atoms with Crippen molar-refractivity contribution in [3.05, 3.63) is 34.6 Å². The number of hydrogen-bond donors (Lipinski definition) is 2. The molecule has 0 unspecified atom stereocenters. The predicted molar refractivity (Wildman–Crippen MR) is 81.0 cm³/mol. The lowest BCUT2D eigenvalue weighted by Crippen LogP contribution is -2.32. The number of aromatic hydroxyl groups is 1. The van der Waals surface area contributed by atoms with Gasteiger partial charge in [-0.1, -0.05) is 23.8 Å². The van der Waals surface area contributed by atoms with Gasteiger partial charge >= 0.3 is 6.09 Å². The van der Waals surface area contributed by atoms with Gasteiger partial charge in [0, 0.05) is 12.1 Å². The van der Waals surface area contributed by atoms with Gasteiger partial charge < -0.3 is 15.2 Å². The summed E-state index contributed by atoms with van der Waals surface area (Å²) in [6.07, 6.45) is 3.25. The number of ether oxygens (including phenoxy) is 1. The molecule has 0 fully saturated rings. The zero-order valence-electron chi connectivity index (χ0n) is 12.2. The Morgan fingerprint density at radius 1 is 1.48 bits per heavy atom. The van der Waals surface area contributed by atoms with E-state index in [2.05, 4.69) is 5.32 Å². The molecule has 0 aromatic heterocycles. The highest BCUT2D eigenvalue weighted by Crippen LogP contribution is 2.29. The van der Waals surface area contributed by atoms with Gasteiger partial charge in [-0.05, 0) is 39.3 Å². The first-order valence-electron chi connectivity index (χ1n) is 6.50. The molecule has 0 aliphatic heterocycles. The Balaban J connectivity index is 2.45. The fourth-order valence-corrected chi connectivity index (χ4v) is 1.71. The SMILES string of the molecule is CC(C)(C)OC(=O)NCCC=Cc1cc(F)cc(Cl)c1O. The first-order valence-corrected chi connectivity index (χ1v) is 6.88. The Labute approximate surface area is 128 Å². The molecule has 21 heavy (non-hydrogen) atoms. The third-order valence-corrected chi connectivity index (χ3v) is 2.62. The Kier molecular flexibility index (Phi) is 6.03. The lowest BCUT2D eigenvalue weighted by Gasteiger charge is -2.19. The van der Waals surface area contributed by atoms with Crippen LogP contribution in [0.3, 0.4) is 0 Å². The summed E-state index contributed by atoms with van der Waals surface area (Å²) in [7, 11) is 0. The lowest BCUT2D eigenvalue weighted by atomic mass is 10.1. The van der Waals surface area contributed by atoms with Crippen molar-refractivity contribution in [2.24, 2.45) is 0 Å². The van der Waals surface area contributed by atoms with E-state index in [-0.39, 0.29) is 16.3 Å². The van der Waals surface area contributed by atoms with Gasteiger partial charge in [-0.25, -0.2) is 9.18 Å². The molecule has 1 rings (SSSR count). The van der Waals surface area contributed by atoms with Gasteiger partial charge in [-0.15, -0.1) is 0 Å². The van der Waals surface area contributed by atoms with Crippen molar-refractivity contribution in [1.82, 2.24) is 5.32 Å². The molecule has 0 saturated heterocycles. The van der Waals surface area contributed by atoms with Gasteiger partial charge in [0.2, 0.25) is 0 Å². The zero-order chi connectivity index (χ0) is 16.0. The fourth-order valence-electron chi connectivity index (χ4n) is 1.49. The van der Waals surface area contributed by atoms with Crippen molar-refractivity contribution in [3.8, 4) is 5.75 Å². The zero-order valence-corrected chi connectivity index (χ0v) is 13.0. The van der Waals surface area contributed by atoms with Crippen LogP contribution in [0.15, 0.2) is 18.2 Å². The van der Waals surface area contributed by atoms with Gasteiger partial charge in [0.1, 0.15) is 17.2 Å². The van der Waals surface area contributed by atoms with E-state index in [4.69, 9.17) is 16.3 Å². The predicted octanol–water partition coefficient (Wildman–Crippen LogP) is 4.11. The molecule has 0 radical (unpaired) electrons. The molecule has 0 saturated carbocycles. The summed E-state index contributed by atoms with van der Waals surface area (Å²) < 4.78 is 18.2. The number of phenolic OH excluding ortho intramolecular Hbond substituents is 1. The number of alkyl carbamates (subject to hydrolysis) is 1. The smallest absolute Gasteiger partial charge is 0.407 e. The van der Waals surface area contributed by atoms with Crippen molar-refractivity contribution >= 4 is 23.8 Å². The summed E-state index contributed by atoms with van der Waals surface area (Å²) >= 11 is 5.66. The highest BCUT2D eigenvalue weighted by molar-refractivity contribution is 6.32. The number of amides is 1. The minimum absolute atomic E-state index is 0.0403. The number of carbonyl (C=O) groups excluding carboxylic acids is 1. The van der Waals surface area contributed by atoms with Crippen LogP contribution >= 0.6 is 11.6 Å². The number of benzene rings is 1. The molecule has 0 spiro atoms. The maximum absolute atomic E-state index is 13.1. The summed E-state index contributed by atoms with van der Waals surface area (Å²) in [4.78, 5) is 11.4. The average molecular weight is 316 g/mol. The topological polar surface area (TPSA) is 58.6 Å². The second kappa shape index (κ2) is 7.31. The van der Waals surface area contributed by atoms with E-state index in [0.717, 1.165) is 6.07 Å². The molecule has 116 valence electrons. The van der Waals surface area contributed by atoms with Crippen molar-refractivity contribution < 1.29 is 19.0 Å². The minimum atomic E-state index is -0.538. The van der Waals surface area contributed by atoms with Gasteiger partial charge in [-0.2, -0.15) is 0 Å². The standard InChI is InChI=1S/C15H19ClFNO3/c1-15(2,3)21-14(20)18-7-5-4-6-10-8-11(17)9-12(16)13(10)19/h4,6,8-9,19H,5,7H2,1-3H3,(H,18,20). The van der Waals surface area contributed by atoms with Gasteiger partial charge in [0.15, 0.2) is 0 Å². The Bertz CT molecular complexity index is 538. The van der Waals surface area contributed by atoms with E-state index < -0.39 is 17.5 Å². The van der Waals surface area contributed by atoms with Crippen molar-refractivity contribution in [3.63, 3.8) is 0 Å². The molecule has 0 atom stereocenters. The van der Waals surface area contributed by atoms with Crippen LogP contribution in [0.25, 0.3) is 6.08 Å². The number of phenols is 1. The number of halogens is 2. The Morgan fingerprint density at radius 3 is 2.76 bits per heavy atom. The molecule has 0 aliphatic rings. The molecule has 1 aromatic rings. The van der Waals surface area contributed by atoms with Crippen LogP contribution in [-0.4, -0.2) is 23.3 Å². The summed E-state index contributed by atoms with van der Waals surface area (Å²) in [5.41, 5.74) is -0.249. The highest BCUT2D eigenvalue weighted by Gasteiger charge is 2.15. The van der Waals surface area contributed by atoms with Crippen molar-refractivity contribution in [2.45, 2.75) is 32.8 Å². The second-order valence-electron chi connectivity index (χ2n) is 5.45. The molecule has 1 aromatic carbocycles. The molecule has 0 heterocycles. The van der Waals surface area contributed by atoms with E-state index >= 15 is 0 Å². The summed E-state index contributed by atoms with van der Waals surface area (Å²) in [5, 5.41) is 12.2. The maximum Gasteiger partial charge on any atom is 0.407 e. The fraction of sp³-hybridized carbons (Fsp3) is 0.400. The van der Waals surface area contributed by atoms with Crippen LogP contribution in [-0.2, 0) is 4.74 Å². The number of hydrogen-bond acceptors (Lipinski definition) is 3. The molecule has 2 N–H and O–H groups in total. The lowest BCUT2D eigenvalue weighted by molar-refractivity contribution is 0.0529. The van der Waals surface area contributed by atoms with Gasteiger partial charge in [0.25, 0.3) is 0 Å². The summed E-state index contributed by atoms with van der Waals surface area (Å²) in [5.74, 6) is -0.696. The first-order chi connectivity index (χ1) is 9.69. The number of carbonyl (C=O) groups is 1. The molecule has 4 nitrogen and oxygen atoms in total. The normalized spacial score (nSPS) is 11.7. The van der Waals surface area contributed by atoms with Gasteiger partial charge in [-0.3, -0.25) is 0 Å². The van der Waals surface area contributed by atoms with Crippen molar-refractivity contribution in [1.29, 1.82) is 0 Å².